The van der Waals surface area contributed by atoms with Crippen molar-refractivity contribution in [3.8, 4) is 0 Å². The first kappa shape index (κ1) is 22.9. The number of hydrogen-bond donors (Lipinski definition) is 1. The van der Waals surface area contributed by atoms with Crippen molar-refractivity contribution < 1.29 is 9.18 Å². The number of rotatable bonds is 7. The van der Waals surface area contributed by atoms with Gasteiger partial charge in [0.15, 0.2) is 0 Å². The molecular formula is C27H36FN3O. The van der Waals surface area contributed by atoms with Crippen LogP contribution in [0.4, 0.5) is 4.39 Å². The Balaban J connectivity index is 1.20. The first-order chi connectivity index (χ1) is 15.7. The van der Waals surface area contributed by atoms with E-state index in [-0.39, 0.29) is 17.6 Å². The molecule has 0 unspecified atom stereocenters. The van der Waals surface area contributed by atoms with E-state index in [1.54, 1.807) is 0 Å². The lowest BCUT2D eigenvalue weighted by atomic mass is 9.95. The molecule has 0 radical (unpaired) electrons. The molecule has 2 aromatic rings. The molecule has 0 aliphatic carbocycles. The highest BCUT2D eigenvalue weighted by molar-refractivity contribution is 5.78. The van der Waals surface area contributed by atoms with Gasteiger partial charge in [-0.05, 0) is 80.7 Å². The third-order valence-corrected chi connectivity index (χ3v) is 6.84. The number of hydrogen-bond acceptors (Lipinski definition) is 3. The Labute approximate surface area is 191 Å². The van der Waals surface area contributed by atoms with E-state index in [1.807, 2.05) is 12.1 Å². The molecule has 2 aromatic carbocycles. The van der Waals surface area contributed by atoms with E-state index in [1.165, 1.54) is 62.0 Å². The summed E-state index contributed by atoms with van der Waals surface area (Å²) in [4.78, 5) is 17.6. The highest BCUT2D eigenvalue weighted by Crippen LogP contribution is 2.20. The number of benzene rings is 2. The van der Waals surface area contributed by atoms with Crippen molar-refractivity contribution in [1.29, 1.82) is 0 Å². The number of nitrogens with zero attached hydrogens (tertiary/aromatic N) is 2. The lowest BCUT2D eigenvalue weighted by Gasteiger charge is -2.31. The van der Waals surface area contributed by atoms with Gasteiger partial charge >= 0.3 is 0 Å². The molecule has 0 bridgehead atoms. The normalized spacial score (nSPS) is 18.9. The van der Waals surface area contributed by atoms with Gasteiger partial charge in [0, 0.05) is 25.6 Å². The van der Waals surface area contributed by atoms with Crippen LogP contribution in [0, 0.1) is 11.7 Å². The van der Waals surface area contributed by atoms with Gasteiger partial charge in [-0.25, -0.2) is 4.39 Å². The third-order valence-electron chi connectivity index (χ3n) is 6.84. The van der Waals surface area contributed by atoms with E-state index in [0.29, 0.717) is 6.54 Å². The fourth-order valence-corrected chi connectivity index (χ4v) is 4.93. The Hall–Kier alpha value is -2.24. The number of amides is 1. The minimum absolute atomic E-state index is 0.0831. The highest BCUT2D eigenvalue weighted by Gasteiger charge is 2.24. The standard InChI is InChI=1S/C27H36FN3O/c28-26-10-8-22(9-11-26)20-31-16-12-25(13-17-31)27(32)29-19-23-6-5-7-24(18-23)21-30-14-3-1-2-4-15-30/h5-11,18,25H,1-4,12-17,19-21H2,(H,29,32). The van der Waals surface area contributed by atoms with Crippen molar-refractivity contribution in [2.45, 2.75) is 58.2 Å². The van der Waals surface area contributed by atoms with Gasteiger partial charge in [-0.1, -0.05) is 49.2 Å². The van der Waals surface area contributed by atoms with Crippen LogP contribution in [0.1, 0.15) is 55.2 Å². The highest BCUT2D eigenvalue weighted by atomic mass is 19.1. The zero-order valence-electron chi connectivity index (χ0n) is 19.1. The van der Waals surface area contributed by atoms with Crippen LogP contribution in [0.3, 0.4) is 0 Å². The lowest BCUT2D eigenvalue weighted by Crippen LogP contribution is -2.40. The van der Waals surface area contributed by atoms with Crippen molar-refractivity contribution in [2.24, 2.45) is 5.92 Å². The molecule has 2 aliphatic rings. The minimum Gasteiger partial charge on any atom is -0.352 e. The molecule has 1 N–H and O–H groups in total. The van der Waals surface area contributed by atoms with Crippen LogP contribution < -0.4 is 5.32 Å². The van der Waals surface area contributed by atoms with Crippen LogP contribution in [0.2, 0.25) is 0 Å². The summed E-state index contributed by atoms with van der Waals surface area (Å²) >= 11 is 0. The number of carbonyl (C=O) groups is 1. The fourth-order valence-electron chi connectivity index (χ4n) is 4.93. The maximum atomic E-state index is 13.1. The third kappa shape index (κ3) is 6.88. The second kappa shape index (κ2) is 11.6. The molecule has 0 saturated carbocycles. The van der Waals surface area contributed by atoms with Crippen LogP contribution >= 0.6 is 0 Å². The summed E-state index contributed by atoms with van der Waals surface area (Å²) in [5, 5.41) is 3.17. The molecule has 2 aliphatic heterocycles. The molecule has 2 saturated heterocycles. The Morgan fingerprint density at radius 2 is 1.44 bits per heavy atom. The first-order valence-electron chi connectivity index (χ1n) is 12.2. The summed E-state index contributed by atoms with van der Waals surface area (Å²) < 4.78 is 13.1. The van der Waals surface area contributed by atoms with E-state index in [2.05, 4.69) is 39.4 Å². The second-order valence-corrected chi connectivity index (χ2v) is 9.41. The predicted octanol–water partition coefficient (Wildman–Crippen LogP) is 4.73. The predicted molar refractivity (Wildman–Crippen MR) is 126 cm³/mol. The summed E-state index contributed by atoms with van der Waals surface area (Å²) in [5.74, 6) is 0.0562. The zero-order valence-corrected chi connectivity index (χ0v) is 19.1. The average Bonchev–Trinajstić information content (AvgIpc) is 3.08. The molecule has 0 atom stereocenters. The van der Waals surface area contributed by atoms with E-state index in [4.69, 9.17) is 0 Å². The van der Waals surface area contributed by atoms with Gasteiger partial charge in [-0.2, -0.15) is 0 Å². The molecule has 1 amide bonds. The summed E-state index contributed by atoms with van der Waals surface area (Å²) in [6, 6.07) is 15.4. The van der Waals surface area contributed by atoms with Gasteiger partial charge in [0.25, 0.3) is 0 Å². The molecule has 4 nitrogen and oxygen atoms in total. The molecule has 32 heavy (non-hydrogen) atoms. The van der Waals surface area contributed by atoms with Crippen LogP contribution in [-0.4, -0.2) is 41.9 Å². The van der Waals surface area contributed by atoms with E-state index < -0.39 is 0 Å². The summed E-state index contributed by atoms with van der Waals surface area (Å²) in [6.07, 6.45) is 7.07. The Morgan fingerprint density at radius 1 is 0.812 bits per heavy atom. The topological polar surface area (TPSA) is 35.6 Å². The summed E-state index contributed by atoms with van der Waals surface area (Å²) in [5.41, 5.74) is 3.64. The van der Waals surface area contributed by atoms with E-state index in [9.17, 15) is 9.18 Å². The molecular weight excluding hydrogens is 401 g/mol. The number of likely N-dealkylation sites (tertiary alicyclic amines) is 2. The minimum atomic E-state index is -0.198. The molecule has 5 heteroatoms. The number of halogens is 1. The summed E-state index contributed by atoms with van der Waals surface area (Å²) in [6.45, 7) is 6.62. The second-order valence-electron chi connectivity index (χ2n) is 9.41. The van der Waals surface area contributed by atoms with E-state index >= 15 is 0 Å². The van der Waals surface area contributed by atoms with Crippen molar-refractivity contribution in [3.63, 3.8) is 0 Å². The van der Waals surface area contributed by atoms with Crippen LogP contribution in [0.25, 0.3) is 0 Å². The van der Waals surface area contributed by atoms with Crippen LogP contribution in [-0.2, 0) is 24.4 Å². The molecule has 4 rings (SSSR count). The zero-order chi connectivity index (χ0) is 22.2. The fraction of sp³-hybridized carbons (Fsp3) is 0.519. The first-order valence-corrected chi connectivity index (χ1v) is 12.2. The Kier molecular flexibility index (Phi) is 8.30. The average molecular weight is 438 g/mol. The van der Waals surface area contributed by atoms with Gasteiger partial charge in [0.05, 0.1) is 0 Å². The Bertz CT molecular complexity index is 853. The van der Waals surface area contributed by atoms with Gasteiger partial charge in [-0.15, -0.1) is 0 Å². The largest absolute Gasteiger partial charge is 0.352 e. The van der Waals surface area contributed by atoms with Gasteiger partial charge in [-0.3, -0.25) is 14.6 Å². The number of carbonyl (C=O) groups excluding carboxylic acids is 1. The van der Waals surface area contributed by atoms with Crippen molar-refractivity contribution in [3.05, 3.63) is 71.0 Å². The SMILES string of the molecule is O=C(NCc1cccc(CN2CCCCCC2)c1)C1CCN(Cc2ccc(F)cc2)CC1. The smallest absolute Gasteiger partial charge is 0.223 e. The van der Waals surface area contributed by atoms with Crippen molar-refractivity contribution in [2.75, 3.05) is 26.2 Å². The van der Waals surface area contributed by atoms with Gasteiger partial charge in [0.2, 0.25) is 5.91 Å². The number of nitrogens with one attached hydrogen (secondary N) is 1. The summed E-state index contributed by atoms with van der Waals surface area (Å²) in [7, 11) is 0. The molecule has 2 fully saturated rings. The van der Waals surface area contributed by atoms with Crippen molar-refractivity contribution >= 4 is 5.91 Å². The number of piperidine rings is 1. The molecule has 0 spiro atoms. The lowest BCUT2D eigenvalue weighted by molar-refractivity contribution is -0.126. The molecule has 2 heterocycles. The van der Waals surface area contributed by atoms with Gasteiger partial charge < -0.3 is 5.32 Å². The molecule has 0 aromatic heterocycles. The van der Waals surface area contributed by atoms with Crippen molar-refractivity contribution in [1.82, 2.24) is 15.1 Å². The van der Waals surface area contributed by atoms with Crippen LogP contribution in [0.15, 0.2) is 48.5 Å². The maximum absolute atomic E-state index is 13.1. The van der Waals surface area contributed by atoms with Crippen LogP contribution in [0.5, 0.6) is 0 Å². The Morgan fingerprint density at radius 3 is 2.16 bits per heavy atom. The quantitative estimate of drug-likeness (QED) is 0.680. The monoisotopic (exact) mass is 437 g/mol. The van der Waals surface area contributed by atoms with E-state index in [0.717, 1.165) is 44.6 Å². The molecule has 172 valence electrons. The maximum Gasteiger partial charge on any atom is 0.223 e. The van der Waals surface area contributed by atoms with Gasteiger partial charge in [0.1, 0.15) is 5.82 Å².